The minimum Gasteiger partial charge on any atom is -0.315 e. The third-order valence-electron chi connectivity index (χ3n) is 2.88. The minimum atomic E-state index is 0.294. The van der Waals surface area contributed by atoms with Crippen LogP contribution in [0.5, 0.6) is 0 Å². The molecule has 0 spiro atoms. The smallest absolute Gasteiger partial charge is 0.237 e. The molecule has 0 aromatic rings. The lowest BCUT2D eigenvalue weighted by Crippen LogP contribution is -2.54. The molecule has 4 heteroatoms. The maximum absolute atomic E-state index is 11.6. The molecule has 2 rings (SSSR count). The zero-order chi connectivity index (χ0) is 9.26. The van der Waals surface area contributed by atoms with Crippen molar-refractivity contribution >= 4 is 5.91 Å². The summed E-state index contributed by atoms with van der Waals surface area (Å²) in [6.45, 7) is 3.01. The molecule has 2 heterocycles. The molecule has 74 valence electrons. The Hall–Kier alpha value is -0.610. The standard InChI is InChI=1S/C9H17N3O/c1-11-6-2-3-9(13)12(11)8-4-5-10-7-8/h8,10H,2-7H2,1H3. The number of carbonyl (C=O) groups excluding carboxylic acids is 1. The third-order valence-corrected chi connectivity index (χ3v) is 2.88. The third kappa shape index (κ3) is 1.69. The van der Waals surface area contributed by atoms with Crippen LogP contribution in [0, 0.1) is 0 Å². The Morgan fingerprint density at radius 2 is 2.38 bits per heavy atom. The summed E-state index contributed by atoms with van der Waals surface area (Å²) in [7, 11) is 2.01. The Morgan fingerprint density at radius 1 is 1.54 bits per heavy atom. The molecule has 0 radical (unpaired) electrons. The van der Waals surface area contributed by atoms with Gasteiger partial charge in [-0.25, -0.2) is 5.01 Å². The van der Waals surface area contributed by atoms with Gasteiger partial charge in [-0.3, -0.25) is 9.80 Å². The number of hydrogen-bond acceptors (Lipinski definition) is 3. The average molecular weight is 183 g/mol. The number of hydrogen-bond donors (Lipinski definition) is 1. The molecular formula is C9H17N3O. The summed E-state index contributed by atoms with van der Waals surface area (Å²) in [5.41, 5.74) is 0. The highest BCUT2D eigenvalue weighted by Gasteiger charge is 2.31. The molecule has 2 aliphatic rings. The predicted molar refractivity (Wildman–Crippen MR) is 50.0 cm³/mol. The van der Waals surface area contributed by atoms with Crippen LogP contribution in [0.25, 0.3) is 0 Å². The largest absolute Gasteiger partial charge is 0.315 e. The van der Waals surface area contributed by atoms with Crippen molar-refractivity contribution in [3.05, 3.63) is 0 Å². The van der Waals surface area contributed by atoms with Crippen molar-refractivity contribution in [2.45, 2.75) is 25.3 Å². The van der Waals surface area contributed by atoms with E-state index in [0.29, 0.717) is 11.9 Å². The number of rotatable bonds is 1. The lowest BCUT2D eigenvalue weighted by atomic mass is 10.2. The van der Waals surface area contributed by atoms with Crippen LogP contribution in [0.1, 0.15) is 19.3 Å². The fourth-order valence-electron chi connectivity index (χ4n) is 2.20. The molecule has 1 amide bonds. The highest BCUT2D eigenvalue weighted by atomic mass is 16.2. The molecule has 0 saturated carbocycles. The molecule has 2 fully saturated rings. The van der Waals surface area contributed by atoms with Gasteiger partial charge in [-0.2, -0.15) is 0 Å². The van der Waals surface area contributed by atoms with Gasteiger partial charge in [0.2, 0.25) is 5.91 Å². The first-order valence-corrected chi connectivity index (χ1v) is 5.03. The lowest BCUT2D eigenvalue weighted by Gasteiger charge is -2.39. The van der Waals surface area contributed by atoms with E-state index in [2.05, 4.69) is 10.3 Å². The van der Waals surface area contributed by atoms with Crippen molar-refractivity contribution in [2.24, 2.45) is 0 Å². The summed E-state index contributed by atoms with van der Waals surface area (Å²) < 4.78 is 0. The van der Waals surface area contributed by atoms with Gasteiger partial charge in [-0.05, 0) is 19.4 Å². The molecule has 1 N–H and O–H groups in total. The fraction of sp³-hybridized carbons (Fsp3) is 0.889. The maximum atomic E-state index is 11.6. The summed E-state index contributed by atoms with van der Waals surface area (Å²) in [6, 6.07) is 0.401. The number of carbonyl (C=O) groups is 1. The monoisotopic (exact) mass is 183 g/mol. The minimum absolute atomic E-state index is 0.294. The van der Waals surface area contributed by atoms with E-state index in [9.17, 15) is 4.79 Å². The van der Waals surface area contributed by atoms with Crippen molar-refractivity contribution in [3.8, 4) is 0 Å². The van der Waals surface area contributed by atoms with Gasteiger partial charge in [0.1, 0.15) is 0 Å². The highest BCUT2D eigenvalue weighted by molar-refractivity contribution is 5.76. The van der Waals surface area contributed by atoms with E-state index < -0.39 is 0 Å². The summed E-state index contributed by atoms with van der Waals surface area (Å²) in [4.78, 5) is 11.6. The zero-order valence-electron chi connectivity index (χ0n) is 8.12. The summed E-state index contributed by atoms with van der Waals surface area (Å²) in [5, 5.41) is 7.31. The predicted octanol–water partition coefficient (Wildman–Crippen LogP) is -0.182. The molecule has 4 nitrogen and oxygen atoms in total. The molecule has 13 heavy (non-hydrogen) atoms. The van der Waals surface area contributed by atoms with Crippen LogP contribution in [-0.2, 0) is 4.79 Å². The van der Waals surface area contributed by atoms with Crippen LogP contribution in [0.4, 0.5) is 0 Å². The first-order valence-electron chi connectivity index (χ1n) is 5.03. The van der Waals surface area contributed by atoms with Crippen molar-refractivity contribution in [3.63, 3.8) is 0 Å². The van der Waals surface area contributed by atoms with Crippen molar-refractivity contribution in [1.29, 1.82) is 0 Å². The fourth-order valence-corrected chi connectivity index (χ4v) is 2.20. The van der Waals surface area contributed by atoms with Gasteiger partial charge < -0.3 is 5.32 Å². The quantitative estimate of drug-likeness (QED) is 0.612. The molecule has 1 unspecified atom stereocenters. The van der Waals surface area contributed by atoms with Gasteiger partial charge in [0.15, 0.2) is 0 Å². The van der Waals surface area contributed by atoms with Crippen molar-refractivity contribution in [2.75, 3.05) is 26.7 Å². The molecule has 0 bridgehead atoms. The first kappa shape index (κ1) is 8.97. The SMILES string of the molecule is CN1CCCC(=O)N1C1CCNC1. The van der Waals surface area contributed by atoms with E-state index in [1.807, 2.05) is 12.1 Å². The van der Waals surface area contributed by atoms with E-state index in [0.717, 1.165) is 38.9 Å². The normalized spacial score (nSPS) is 31.3. The topological polar surface area (TPSA) is 35.6 Å². The number of nitrogens with zero attached hydrogens (tertiary/aromatic N) is 2. The molecule has 0 aromatic carbocycles. The Balaban J connectivity index is 2.04. The lowest BCUT2D eigenvalue weighted by molar-refractivity contribution is -0.157. The van der Waals surface area contributed by atoms with E-state index in [1.54, 1.807) is 0 Å². The second kappa shape index (κ2) is 3.64. The van der Waals surface area contributed by atoms with Gasteiger partial charge >= 0.3 is 0 Å². The second-order valence-corrected chi connectivity index (χ2v) is 3.87. The van der Waals surface area contributed by atoms with Crippen LogP contribution in [0.2, 0.25) is 0 Å². The summed E-state index contributed by atoms with van der Waals surface area (Å²) >= 11 is 0. The van der Waals surface area contributed by atoms with E-state index in [1.165, 1.54) is 0 Å². The van der Waals surface area contributed by atoms with Gasteiger partial charge in [-0.1, -0.05) is 0 Å². The van der Waals surface area contributed by atoms with Crippen LogP contribution in [-0.4, -0.2) is 48.6 Å². The summed E-state index contributed by atoms with van der Waals surface area (Å²) in [5.74, 6) is 0.294. The van der Waals surface area contributed by atoms with Crippen molar-refractivity contribution < 1.29 is 4.79 Å². The van der Waals surface area contributed by atoms with E-state index in [-0.39, 0.29) is 0 Å². The molecule has 2 aliphatic heterocycles. The Morgan fingerprint density at radius 3 is 3.00 bits per heavy atom. The van der Waals surface area contributed by atoms with Crippen LogP contribution < -0.4 is 5.32 Å². The molecule has 0 aromatic heterocycles. The number of amides is 1. The number of hydrazine groups is 1. The number of nitrogens with one attached hydrogen (secondary N) is 1. The molecular weight excluding hydrogens is 166 g/mol. The molecule has 2 saturated heterocycles. The Kier molecular flexibility index (Phi) is 2.51. The van der Waals surface area contributed by atoms with Crippen LogP contribution in [0.3, 0.4) is 0 Å². The average Bonchev–Trinajstić information content (AvgIpc) is 2.57. The van der Waals surface area contributed by atoms with E-state index >= 15 is 0 Å². The second-order valence-electron chi connectivity index (χ2n) is 3.87. The zero-order valence-corrected chi connectivity index (χ0v) is 8.12. The van der Waals surface area contributed by atoms with E-state index in [4.69, 9.17) is 0 Å². The molecule has 1 atom stereocenters. The highest BCUT2D eigenvalue weighted by Crippen LogP contribution is 2.17. The Bertz CT molecular complexity index is 201. The van der Waals surface area contributed by atoms with Crippen LogP contribution in [0.15, 0.2) is 0 Å². The first-order chi connectivity index (χ1) is 6.29. The van der Waals surface area contributed by atoms with Gasteiger partial charge in [0.25, 0.3) is 0 Å². The van der Waals surface area contributed by atoms with Crippen molar-refractivity contribution in [1.82, 2.24) is 15.3 Å². The van der Waals surface area contributed by atoms with Gasteiger partial charge in [0.05, 0.1) is 6.04 Å². The van der Waals surface area contributed by atoms with Crippen LogP contribution >= 0.6 is 0 Å². The van der Waals surface area contributed by atoms with Gasteiger partial charge in [-0.15, -0.1) is 0 Å². The maximum Gasteiger partial charge on any atom is 0.237 e. The molecule has 0 aliphatic carbocycles. The Labute approximate surface area is 78.8 Å². The summed E-state index contributed by atoms with van der Waals surface area (Å²) in [6.07, 6.45) is 2.82. The van der Waals surface area contributed by atoms with Gasteiger partial charge in [0, 0.05) is 26.6 Å².